The van der Waals surface area contributed by atoms with Crippen LogP contribution in [0.2, 0.25) is 0 Å². The van der Waals surface area contributed by atoms with Crippen LogP contribution in [0.25, 0.3) is 0 Å². The van der Waals surface area contributed by atoms with Crippen molar-refractivity contribution in [2.24, 2.45) is 0 Å². The van der Waals surface area contributed by atoms with Crippen molar-refractivity contribution in [3.05, 3.63) is 42.5 Å². The number of carbonyl (C=O) groups is 1. The van der Waals surface area contributed by atoms with E-state index in [1.54, 1.807) is 41.7 Å². The summed E-state index contributed by atoms with van der Waals surface area (Å²) in [4.78, 5) is 19.7. The van der Waals surface area contributed by atoms with Crippen LogP contribution in [0.1, 0.15) is 22.8 Å². The number of nitrogens with zero attached hydrogens (tertiary/aromatic N) is 5. The topological polar surface area (TPSA) is 63.9 Å². The van der Waals surface area contributed by atoms with Gasteiger partial charge in [0.05, 0.1) is 24.0 Å². The van der Waals surface area contributed by atoms with Crippen molar-refractivity contribution < 1.29 is 4.79 Å². The van der Waals surface area contributed by atoms with E-state index in [4.69, 9.17) is 0 Å². The average Bonchev–Trinajstić information content (AvgIpc) is 3.09. The van der Waals surface area contributed by atoms with Crippen molar-refractivity contribution in [1.29, 1.82) is 0 Å². The predicted octanol–water partition coefficient (Wildman–Crippen LogP) is 0.760. The molecule has 3 heterocycles. The number of hydrogen-bond donors (Lipinski definition) is 0. The van der Waals surface area contributed by atoms with Gasteiger partial charge in [0.2, 0.25) is 0 Å². The van der Waals surface area contributed by atoms with Crippen LogP contribution in [0.4, 0.5) is 0 Å². The van der Waals surface area contributed by atoms with Crippen LogP contribution in [0.15, 0.2) is 36.9 Å². The zero-order valence-electron chi connectivity index (χ0n) is 9.81. The van der Waals surface area contributed by atoms with Gasteiger partial charge in [-0.2, -0.15) is 15.0 Å². The van der Waals surface area contributed by atoms with Gasteiger partial charge in [-0.3, -0.25) is 9.78 Å². The second-order valence-corrected chi connectivity index (χ2v) is 4.28. The first-order chi connectivity index (χ1) is 8.84. The van der Waals surface area contributed by atoms with Crippen LogP contribution >= 0.6 is 0 Å². The Morgan fingerprint density at radius 2 is 2.11 bits per heavy atom. The Balaban J connectivity index is 1.71. The van der Waals surface area contributed by atoms with Crippen LogP contribution < -0.4 is 0 Å². The first-order valence-corrected chi connectivity index (χ1v) is 5.90. The molecular weight excluding hydrogens is 230 g/mol. The molecule has 0 radical (unpaired) electrons. The fourth-order valence-electron chi connectivity index (χ4n) is 2.20. The van der Waals surface area contributed by atoms with Crippen molar-refractivity contribution >= 4 is 5.91 Å². The summed E-state index contributed by atoms with van der Waals surface area (Å²) in [5, 5.41) is 8.24. The molecule has 1 unspecified atom stereocenters. The second kappa shape index (κ2) is 4.56. The van der Waals surface area contributed by atoms with Crippen LogP contribution in [0.3, 0.4) is 0 Å². The first kappa shape index (κ1) is 10.9. The lowest BCUT2D eigenvalue weighted by Gasteiger charge is -2.15. The molecule has 1 saturated heterocycles. The zero-order chi connectivity index (χ0) is 12.4. The van der Waals surface area contributed by atoms with Gasteiger partial charge >= 0.3 is 0 Å². The summed E-state index contributed by atoms with van der Waals surface area (Å²) < 4.78 is 0. The van der Waals surface area contributed by atoms with E-state index in [9.17, 15) is 4.79 Å². The summed E-state index contributed by atoms with van der Waals surface area (Å²) in [6.07, 6.45) is 7.47. The summed E-state index contributed by atoms with van der Waals surface area (Å²) in [6, 6.07) is 3.74. The molecule has 1 aliphatic rings. The highest BCUT2D eigenvalue weighted by Crippen LogP contribution is 2.21. The molecule has 1 amide bonds. The minimum absolute atomic E-state index is 0.0257. The van der Waals surface area contributed by atoms with Gasteiger partial charge in [-0.05, 0) is 18.6 Å². The zero-order valence-corrected chi connectivity index (χ0v) is 9.81. The normalized spacial score (nSPS) is 19.1. The lowest BCUT2D eigenvalue weighted by molar-refractivity contribution is 0.0786. The SMILES string of the molecule is O=C(c1cccnc1)N1CCC(n2nccn2)C1. The Morgan fingerprint density at radius 1 is 1.28 bits per heavy atom. The van der Waals surface area contributed by atoms with Crippen molar-refractivity contribution in [2.75, 3.05) is 13.1 Å². The van der Waals surface area contributed by atoms with Gasteiger partial charge in [-0.25, -0.2) is 0 Å². The fourth-order valence-corrected chi connectivity index (χ4v) is 2.20. The monoisotopic (exact) mass is 243 g/mol. The van der Waals surface area contributed by atoms with Gasteiger partial charge < -0.3 is 4.90 Å². The lowest BCUT2D eigenvalue weighted by atomic mass is 10.2. The molecule has 2 aromatic rings. The van der Waals surface area contributed by atoms with Gasteiger partial charge in [0.25, 0.3) is 5.91 Å². The van der Waals surface area contributed by atoms with Crippen molar-refractivity contribution in [3.8, 4) is 0 Å². The smallest absolute Gasteiger partial charge is 0.255 e. The predicted molar refractivity (Wildman–Crippen MR) is 63.8 cm³/mol. The summed E-state index contributed by atoms with van der Waals surface area (Å²) >= 11 is 0. The largest absolute Gasteiger partial charge is 0.336 e. The summed E-state index contributed by atoms with van der Waals surface area (Å²) in [7, 11) is 0. The van der Waals surface area contributed by atoms with Crippen LogP contribution in [0.5, 0.6) is 0 Å². The molecular formula is C12H13N5O. The molecule has 1 aliphatic heterocycles. The van der Waals surface area contributed by atoms with Gasteiger partial charge in [0, 0.05) is 25.5 Å². The van der Waals surface area contributed by atoms with E-state index in [1.165, 1.54) is 0 Å². The van der Waals surface area contributed by atoms with E-state index in [-0.39, 0.29) is 11.9 Å². The Labute approximate surface area is 104 Å². The summed E-state index contributed by atoms with van der Waals surface area (Å²) in [5.41, 5.74) is 0.631. The number of carbonyl (C=O) groups excluding carboxylic acids is 1. The number of pyridine rings is 1. The van der Waals surface area contributed by atoms with Gasteiger partial charge in [-0.15, -0.1) is 0 Å². The molecule has 0 aromatic carbocycles. The number of rotatable bonds is 2. The number of likely N-dealkylation sites (tertiary alicyclic amines) is 1. The molecule has 0 saturated carbocycles. The van der Waals surface area contributed by atoms with E-state index in [0.717, 1.165) is 13.0 Å². The van der Waals surface area contributed by atoms with Crippen molar-refractivity contribution in [1.82, 2.24) is 24.9 Å². The average molecular weight is 243 g/mol. The molecule has 0 spiro atoms. The Morgan fingerprint density at radius 3 is 2.83 bits per heavy atom. The van der Waals surface area contributed by atoms with Gasteiger partial charge in [0.15, 0.2) is 0 Å². The highest BCUT2D eigenvalue weighted by atomic mass is 16.2. The Bertz CT molecular complexity index is 525. The number of aromatic nitrogens is 4. The maximum atomic E-state index is 12.2. The van der Waals surface area contributed by atoms with E-state index in [1.807, 2.05) is 4.90 Å². The van der Waals surface area contributed by atoms with Crippen LogP contribution in [0, 0.1) is 0 Å². The Kier molecular flexibility index (Phi) is 2.76. The highest BCUT2D eigenvalue weighted by Gasteiger charge is 2.28. The minimum Gasteiger partial charge on any atom is -0.336 e. The highest BCUT2D eigenvalue weighted by molar-refractivity contribution is 5.94. The second-order valence-electron chi connectivity index (χ2n) is 4.28. The molecule has 1 atom stereocenters. The number of amides is 1. The number of hydrogen-bond acceptors (Lipinski definition) is 4. The summed E-state index contributed by atoms with van der Waals surface area (Å²) in [5.74, 6) is 0.0257. The van der Waals surface area contributed by atoms with E-state index in [2.05, 4.69) is 15.2 Å². The quantitative estimate of drug-likeness (QED) is 0.781. The third kappa shape index (κ3) is 1.97. The molecule has 1 fully saturated rings. The van der Waals surface area contributed by atoms with Gasteiger partial charge in [0.1, 0.15) is 0 Å². The molecule has 2 aromatic heterocycles. The molecule has 0 bridgehead atoms. The van der Waals surface area contributed by atoms with Crippen LogP contribution in [-0.2, 0) is 0 Å². The van der Waals surface area contributed by atoms with E-state index < -0.39 is 0 Å². The molecule has 0 aliphatic carbocycles. The maximum absolute atomic E-state index is 12.2. The fraction of sp³-hybridized carbons (Fsp3) is 0.333. The first-order valence-electron chi connectivity index (χ1n) is 5.90. The Hall–Kier alpha value is -2.24. The van der Waals surface area contributed by atoms with Crippen LogP contribution in [-0.4, -0.2) is 43.9 Å². The van der Waals surface area contributed by atoms with E-state index >= 15 is 0 Å². The summed E-state index contributed by atoms with van der Waals surface area (Å²) in [6.45, 7) is 1.39. The molecule has 3 rings (SSSR count). The van der Waals surface area contributed by atoms with Crippen molar-refractivity contribution in [3.63, 3.8) is 0 Å². The molecule has 0 N–H and O–H groups in total. The van der Waals surface area contributed by atoms with Crippen molar-refractivity contribution in [2.45, 2.75) is 12.5 Å². The van der Waals surface area contributed by atoms with Gasteiger partial charge in [-0.1, -0.05) is 0 Å². The molecule has 18 heavy (non-hydrogen) atoms. The minimum atomic E-state index is 0.0257. The standard InChI is InChI=1S/C12H13N5O/c18-12(10-2-1-4-13-8-10)16-7-3-11(9-16)17-14-5-6-15-17/h1-2,4-6,8,11H,3,7,9H2. The maximum Gasteiger partial charge on any atom is 0.255 e. The molecule has 6 nitrogen and oxygen atoms in total. The lowest BCUT2D eigenvalue weighted by Crippen LogP contribution is -2.29. The third-order valence-corrected chi connectivity index (χ3v) is 3.12. The van der Waals surface area contributed by atoms with E-state index in [0.29, 0.717) is 12.1 Å². The molecule has 92 valence electrons. The third-order valence-electron chi connectivity index (χ3n) is 3.12. The molecule has 6 heteroatoms.